The van der Waals surface area contributed by atoms with Crippen LogP contribution in [-0.4, -0.2) is 53.3 Å². The molecule has 0 spiro atoms. The lowest BCUT2D eigenvalue weighted by Gasteiger charge is -2.31. The minimum atomic E-state index is 0.231. The van der Waals surface area contributed by atoms with E-state index in [0.29, 0.717) is 5.92 Å². The van der Waals surface area contributed by atoms with Crippen molar-refractivity contribution in [1.29, 1.82) is 0 Å². The van der Waals surface area contributed by atoms with E-state index in [0.717, 1.165) is 44.0 Å². The lowest BCUT2D eigenvalue weighted by molar-refractivity contribution is 0.160. The third-order valence-electron chi connectivity index (χ3n) is 3.25. The van der Waals surface area contributed by atoms with Crippen LogP contribution in [0, 0.1) is 0 Å². The van der Waals surface area contributed by atoms with Crippen LogP contribution < -0.4 is 5.32 Å². The maximum Gasteiger partial charge on any atom is 0.144 e. The van der Waals surface area contributed by atoms with E-state index in [-0.39, 0.29) is 6.61 Å². The molecule has 0 bridgehead atoms. The van der Waals surface area contributed by atoms with Crippen LogP contribution in [0.15, 0.2) is 12.4 Å². The molecule has 0 saturated carbocycles. The molecule has 17 heavy (non-hydrogen) atoms. The Morgan fingerprint density at radius 3 is 3.18 bits per heavy atom. The lowest BCUT2D eigenvalue weighted by Crippen LogP contribution is -2.36. The number of aromatic nitrogens is 2. The first-order valence-electron chi connectivity index (χ1n) is 6.16. The molecule has 1 aromatic rings. The molecule has 0 amide bonds. The van der Waals surface area contributed by atoms with Gasteiger partial charge in [-0.3, -0.25) is 4.98 Å². The van der Waals surface area contributed by atoms with E-state index < -0.39 is 0 Å². The van der Waals surface area contributed by atoms with E-state index in [1.807, 2.05) is 13.2 Å². The van der Waals surface area contributed by atoms with Crippen molar-refractivity contribution in [1.82, 2.24) is 14.9 Å². The molecule has 0 radical (unpaired) electrons. The highest BCUT2D eigenvalue weighted by Crippen LogP contribution is 2.25. The molecule has 94 valence electrons. The van der Waals surface area contributed by atoms with Crippen molar-refractivity contribution in [3.63, 3.8) is 0 Å². The summed E-state index contributed by atoms with van der Waals surface area (Å²) in [4.78, 5) is 11.0. The van der Waals surface area contributed by atoms with Gasteiger partial charge in [0, 0.05) is 32.3 Å². The second-order valence-electron chi connectivity index (χ2n) is 4.44. The highest BCUT2D eigenvalue weighted by Gasteiger charge is 2.22. The summed E-state index contributed by atoms with van der Waals surface area (Å²) in [6.45, 7) is 3.04. The number of likely N-dealkylation sites (tertiary alicyclic amines) is 1. The van der Waals surface area contributed by atoms with Crippen LogP contribution in [-0.2, 0) is 0 Å². The number of aliphatic hydroxyl groups is 1. The third kappa shape index (κ3) is 3.14. The second kappa shape index (κ2) is 5.93. The fourth-order valence-electron chi connectivity index (χ4n) is 2.34. The zero-order valence-corrected chi connectivity index (χ0v) is 10.3. The number of rotatable bonds is 4. The molecule has 1 aliphatic rings. The SMILES string of the molecule is CNc1cncc(C2CCCN(CCO)C2)n1. The largest absolute Gasteiger partial charge is 0.395 e. The molecule has 0 aliphatic carbocycles. The summed E-state index contributed by atoms with van der Waals surface area (Å²) in [5.74, 6) is 1.26. The van der Waals surface area contributed by atoms with Gasteiger partial charge in [0.25, 0.3) is 0 Å². The Morgan fingerprint density at radius 2 is 2.41 bits per heavy atom. The maximum absolute atomic E-state index is 8.98. The quantitative estimate of drug-likeness (QED) is 0.805. The summed E-state index contributed by atoms with van der Waals surface area (Å²) in [6, 6.07) is 0. The number of aliphatic hydroxyl groups excluding tert-OH is 1. The Labute approximate surface area is 102 Å². The average Bonchev–Trinajstić information content (AvgIpc) is 2.40. The Balaban J connectivity index is 2.05. The van der Waals surface area contributed by atoms with E-state index in [1.54, 1.807) is 6.20 Å². The van der Waals surface area contributed by atoms with Crippen molar-refractivity contribution >= 4 is 5.82 Å². The molecule has 1 atom stereocenters. The minimum Gasteiger partial charge on any atom is -0.395 e. The summed E-state index contributed by atoms with van der Waals surface area (Å²) in [5.41, 5.74) is 1.06. The Hall–Kier alpha value is -1.20. The molecule has 1 unspecified atom stereocenters. The van der Waals surface area contributed by atoms with Crippen LogP contribution in [0.25, 0.3) is 0 Å². The Bertz CT molecular complexity index is 356. The van der Waals surface area contributed by atoms with Crippen molar-refractivity contribution in [2.45, 2.75) is 18.8 Å². The summed E-state index contributed by atoms with van der Waals surface area (Å²) >= 11 is 0. The van der Waals surface area contributed by atoms with Crippen LogP contribution in [0.2, 0.25) is 0 Å². The van der Waals surface area contributed by atoms with Gasteiger partial charge in [0.1, 0.15) is 5.82 Å². The third-order valence-corrected chi connectivity index (χ3v) is 3.25. The first-order chi connectivity index (χ1) is 8.33. The van der Waals surface area contributed by atoms with Gasteiger partial charge in [-0.05, 0) is 19.4 Å². The predicted octanol–water partition coefficient (Wildman–Crippen LogP) is 0.690. The number of nitrogens with one attached hydrogen (secondary N) is 1. The molecule has 1 aliphatic heterocycles. The van der Waals surface area contributed by atoms with Gasteiger partial charge < -0.3 is 15.3 Å². The highest BCUT2D eigenvalue weighted by molar-refractivity contribution is 5.31. The summed E-state index contributed by atoms with van der Waals surface area (Å²) in [6.07, 6.45) is 5.91. The van der Waals surface area contributed by atoms with Crippen LogP contribution in [0.1, 0.15) is 24.5 Å². The number of β-amino-alcohol motifs (C(OH)–C–C–N with tert-alkyl or cyclic N) is 1. The number of nitrogens with zero attached hydrogens (tertiary/aromatic N) is 3. The topological polar surface area (TPSA) is 61.3 Å². The van der Waals surface area contributed by atoms with Gasteiger partial charge in [-0.2, -0.15) is 0 Å². The van der Waals surface area contributed by atoms with Crippen molar-refractivity contribution in [3.8, 4) is 0 Å². The molecule has 2 N–H and O–H groups in total. The van der Waals surface area contributed by atoms with Gasteiger partial charge in [-0.25, -0.2) is 4.98 Å². The minimum absolute atomic E-state index is 0.231. The maximum atomic E-state index is 8.98. The van der Waals surface area contributed by atoms with Crippen molar-refractivity contribution in [2.75, 3.05) is 38.6 Å². The van der Waals surface area contributed by atoms with Crippen LogP contribution in [0.3, 0.4) is 0 Å². The molecule has 1 fully saturated rings. The Kier molecular flexibility index (Phi) is 4.28. The normalized spacial score (nSPS) is 21.4. The van der Waals surface area contributed by atoms with Gasteiger partial charge >= 0.3 is 0 Å². The molecule has 1 aromatic heterocycles. The lowest BCUT2D eigenvalue weighted by atomic mass is 9.95. The number of hydrogen-bond acceptors (Lipinski definition) is 5. The molecule has 5 nitrogen and oxygen atoms in total. The smallest absolute Gasteiger partial charge is 0.144 e. The van der Waals surface area contributed by atoms with E-state index in [4.69, 9.17) is 5.11 Å². The first-order valence-corrected chi connectivity index (χ1v) is 6.16. The average molecular weight is 236 g/mol. The van der Waals surface area contributed by atoms with E-state index in [2.05, 4.69) is 20.2 Å². The van der Waals surface area contributed by atoms with Crippen molar-refractivity contribution in [2.24, 2.45) is 0 Å². The van der Waals surface area contributed by atoms with Gasteiger partial charge in [0.05, 0.1) is 18.5 Å². The van der Waals surface area contributed by atoms with Crippen LogP contribution >= 0.6 is 0 Å². The molecule has 1 saturated heterocycles. The number of hydrogen-bond donors (Lipinski definition) is 2. The second-order valence-corrected chi connectivity index (χ2v) is 4.44. The predicted molar refractivity (Wildman–Crippen MR) is 67.1 cm³/mol. The van der Waals surface area contributed by atoms with E-state index in [9.17, 15) is 0 Å². The molecular weight excluding hydrogens is 216 g/mol. The Morgan fingerprint density at radius 1 is 1.53 bits per heavy atom. The standard InChI is InChI=1S/C12H20N4O/c1-13-12-8-14-7-11(15-12)10-3-2-4-16(9-10)5-6-17/h7-8,10,17H,2-6,9H2,1H3,(H,13,15). The summed E-state index contributed by atoms with van der Waals surface area (Å²) < 4.78 is 0. The monoisotopic (exact) mass is 236 g/mol. The first kappa shape index (κ1) is 12.3. The molecule has 2 heterocycles. The molecule has 0 aromatic carbocycles. The van der Waals surface area contributed by atoms with Crippen molar-refractivity contribution < 1.29 is 5.11 Å². The van der Waals surface area contributed by atoms with Crippen LogP contribution in [0.4, 0.5) is 5.82 Å². The molecule has 2 rings (SSSR count). The van der Waals surface area contributed by atoms with Gasteiger partial charge in [0.15, 0.2) is 0 Å². The van der Waals surface area contributed by atoms with Gasteiger partial charge in [-0.1, -0.05) is 0 Å². The molecule has 5 heteroatoms. The summed E-state index contributed by atoms with van der Waals surface area (Å²) in [7, 11) is 1.85. The molecular formula is C12H20N4O. The fraction of sp³-hybridized carbons (Fsp3) is 0.667. The number of anilines is 1. The van der Waals surface area contributed by atoms with Gasteiger partial charge in [-0.15, -0.1) is 0 Å². The zero-order chi connectivity index (χ0) is 12.1. The highest BCUT2D eigenvalue weighted by atomic mass is 16.3. The summed E-state index contributed by atoms with van der Waals surface area (Å²) in [5, 5.41) is 12.0. The van der Waals surface area contributed by atoms with E-state index >= 15 is 0 Å². The number of piperidine rings is 1. The zero-order valence-electron chi connectivity index (χ0n) is 10.3. The van der Waals surface area contributed by atoms with Gasteiger partial charge in [0.2, 0.25) is 0 Å². The fourth-order valence-corrected chi connectivity index (χ4v) is 2.34. The van der Waals surface area contributed by atoms with Crippen molar-refractivity contribution in [3.05, 3.63) is 18.1 Å². The van der Waals surface area contributed by atoms with Crippen LogP contribution in [0.5, 0.6) is 0 Å². The van der Waals surface area contributed by atoms with E-state index in [1.165, 1.54) is 0 Å².